The van der Waals surface area contributed by atoms with Crippen molar-refractivity contribution in [1.29, 1.82) is 0 Å². The van der Waals surface area contributed by atoms with Crippen LogP contribution in [0.3, 0.4) is 0 Å². The summed E-state index contributed by atoms with van der Waals surface area (Å²) in [6, 6.07) is 5.29. The molecule has 4 heterocycles. The Morgan fingerprint density at radius 3 is 2.79 bits per heavy atom. The van der Waals surface area contributed by atoms with Crippen LogP contribution in [0.25, 0.3) is 5.69 Å². The highest BCUT2D eigenvalue weighted by Gasteiger charge is 2.32. The Bertz CT molecular complexity index is 1170. The molecule has 2 aliphatic heterocycles. The number of hydrogen-bond donors (Lipinski definition) is 1. The molecular formula is C18H17N5O3S2. The number of aromatic nitrogens is 3. The molecule has 0 radical (unpaired) electrons. The summed E-state index contributed by atoms with van der Waals surface area (Å²) in [6.07, 6.45) is 3.40. The van der Waals surface area contributed by atoms with Crippen LogP contribution >= 0.6 is 11.3 Å². The maximum Gasteiger partial charge on any atom is 0.240 e. The fourth-order valence-electron chi connectivity index (χ4n) is 3.73. The van der Waals surface area contributed by atoms with Crippen molar-refractivity contribution in [2.24, 2.45) is 0 Å². The first-order chi connectivity index (χ1) is 13.5. The fourth-order valence-corrected chi connectivity index (χ4v) is 5.45. The topological polar surface area (TPSA) is 97.2 Å². The second kappa shape index (κ2) is 6.50. The predicted octanol–water partition coefficient (Wildman–Crippen LogP) is 1.64. The molecule has 1 amide bonds. The van der Waals surface area contributed by atoms with Crippen LogP contribution in [0.4, 0.5) is 5.69 Å². The van der Waals surface area contributed by atoms with Gasteiger partial charge in [0.05, 0.1) is 34.7 Å². The molecule has 10 heteroatoms. The third-order valence-corrected chi connectivity index (χ3v) is 7.14. The highest BCUT2D eigenvalue weighted by molar-refractivity contribution is 7.89. The summed E-state index contributed by atoms with van der Waals surface area (Å²) in [5.74, 6) is 0.119. The van der Waals surface area contributed by atoms with E-state index in [-0.39, 0.29) is 17.3 Å². The number of sulfonamides is 1. The standard InChI is InChI=1S/C18H17N5O3S2/c24-17-2-1-12-7-16(8-13-3-5-22(17)18(12)13)28(25,26)19-9-14-10-23(21-20-14)15-4-6-27-11-15/h4,6-8,10-11,19H,1-3,5,9H2. The van der Waals surface area contributed by atoms with Crippen LogP contribution in [-0.2, 0) is 34.2 Å². The summed E-state index contributed by atoms with van der Waals surface area (Å²) in [5.41, 5.74) is 4.19. The van der Waals surface area contributed by atoms with Crippen LogP contribution in [0, 0.1) is 0 Å². The van der Waals surface area contributed by atoms with Crippen LogP contribution < -0.4 is 9.62 Å². The quantitative estimate of drug-likeness (QED) is 0.683. The predicted molar refractivity (Wildman–Crippen MR) is 104 cm³/mol. The van der Waals surface area contributed by atoms with E-state index in [2.05, 4.69) is 15.0 Å². The number of benzene rings is 1. The molecular weight excluding hydrogens is 398 g/mol. The zero-order valence-electron chi connectivity index (χ0n) is 14.8. The van der Waals surface area contributed by atoms with Gasteiger partial charge in [0, 0.05) is 18.3 Å². The Kier molecular flexibility index (Phi) is 4.07. The third-order valence-electron chi connectivity index (χ3n) is 5.09. The summed E-state index contributed by atoms with van der Waals surface area (Å²) in [7, 11) is -3.69. The zero-order valence-corrected chi connectivity index (χ0v) is 16.5. The molecule has 0 atom stereocenters. The third kappa shape index (κ3) is 2.93. The molecule has 0 spiro atoms. The van der Waals surface area contributed by atoms with E-state index in [9.17, 15) is 13.2 Å². The van der Waals surface area contributed by atoms with E-state index in [0.717, 1.165) is 22.5 Å². The first-order valence-electron chi connectivity index (χ1n) is 8.91. The Balaban J connectivity index is 1.37. The van der Waals surface area contributed by atoms with Gasteiger partial charge in [-0.25, -0.2) is 17.8 Å². The minimum atomic E-state index is -3.69. The lowest BCUT2D eigenvalue weighted by molar-refractivity contribution is -0.118. The number of amides is 1. The molecule has 0 fully saturated rings. The van der Waals surface area contributed by atoms with E-state index in [1.165, 1.54) is 0 Å². The molecule has 1 N–H and O–H groups in total. The van der Waals surface area contributed by atoms with E-state index in [0.29, 0.717) is 31.5 Å². The number of thiophene rings is 1. The van der Waals surface area contributed by atoms with Gasteiger partial charge in [0.15, 0.2) is 0 Å². The van der Waals surface area contributed by atoms with E-state index in [1.54, 1.807) is 39.2 Å². The lowest BCUT2D eigenvalue weighted by atomic mass is 10.00. The van der Waals surface area contributed by atoms with Gasteiger partial charge in [-0.2, -0.15) is 11.3 Å². The van der Waals surface area contributed by atoms with Crippen molar-refractivity contribution in [3.8, 4) is 5.69 Å². The zero-order chi connectivity index (χ0) is 19.3. The molecule has 0 saturated carbocycles. The molecule has 0 aliphatic carbocycles. The van der Waals surface area contributed by atoms with Crippen molar-refractivity contribution in [2.45, 2.75) is 30.7 Å². The molecule has 5 rings (SSSR count). The lowest BCUT2D eigenvalue weighted by Gasteiger charge is -2.25. The number of carbonyl (C=O) groups is 1. The second-order valence-corrected chi connectivity index (χ2v) is 9.39. The number of nitrogens with zero attached hydrogens (tertiary/aromatic N) is 4. The molecule has 2 aliphatic rings. The Morgan fingerprint density at radius 1 is 1.18 bits per heavy atom. The van der Waals surface area contributed by atoms with E-state index in [1.807, 2.05) is 16.8 Å². The first kappa shape index (κ1) is 17.5. The van der Waals surface area contributed by atoms with Gasteiger partial charge in [0.1, 0.15) is 0 Å². The normalized spacial score (nSPS) is 15.9. The van der Waals surface area contributed by atoms with Crippen LogP contribution in [0.1, 0.15) is 23.2 Å². The summed E-state index contributed by atoms with van der Waals surface area (Å²) < 4.78 is 29.9. The molecule has 1 aromatic carbocycles. The number of nitrogens with one attached hydrogen (secondary N) is 1. The number of carbonyl (C=O) groups excluding carboxylic acids is 1. The van der Waals surface area contributed by atoms with Gasteiger partial charge in [0.2, 0.25) is 15.9 Å². The summed E-state index contributed by atoms with van der Waals surface area (Å²) in [5, 5.41) is 11.9. The second-order valence-electron chi connectivity index (χ2n) is 6.85. The van der Waals surface area contributed by atoms with Crippen LogP contribution in [0.5, 0.6) is 0 Å². The van der Waals surface area contributed by atoms with Crippen molar-refractivity contribution >= 4 is 33.0 Å². The first-order valence-corrected chi connectivity index (χ1v) is 11.3. The molecule has 2 aromatic heterocycles. The van der Waals surface area contributed by atoms with Crippen LogP contribution in [0.15, 0.2) is 40.1 Å². The lowest BCUT2D eigenvalue weighted by Crippen LogP contribution is -2.33. The number of anilines is 1. The molecule has 28 heavy (non-hydrogen) atoms. The Hall–Kier alpha value is -2.56. The van der Waals surface area contributed by atoms with Crippen LogP contribution in [-0.4, -0.2) is 35.9 Å². The minimum Gasteiger partial charge on any atom is -0.312 e. The molecule has 0 saturated heterocycles. The highest BCUT2D eigenvalue weighted by atomic mass is 32.2. The van der Waals surface area contributed by atoms with Crippen molar-refractivity contribution in [3.05, 3.63) is 52.0 Å². The Labute approximate surface area is 165 Å². The van der Waals surface area contributed by atoms with Crippen molar-refractivity contribution < 1.29 is 13.2 Å². The van der Waals surface area contributed by atoms with Gasteiger partial charge < -0.3 is 4.90 Å². The van der Waals surface area contributed by atoms with Crippen molar-refractivity contribution in [3.63, 3.8) is 0 Å². The van der Waals surface area contributed by atoms with Gasteiger partial charge in [-0.1, -0.05) is 5.21 Å². The molecule has 0 unspecified atom stereocenters. The number of rotatable bonds is 5. The minimum absolute atomic E-state index is 0.0590. The number of hydrogen-bond acceptors (Lipinski definition) is 6. The molecule has 144 valence electrons. The maximum absolute atomic E-state index is 12.8. The van der Waals surface area contributed by atoms with Crippen molar-refractivity contribution in [1.82, 2.24) is 19.7 Å². The number of aryl methyl sites for hydroxylation is 1. The van der Waals surface area contributed by atoms with Crippen LogP contribution in [0.2, 0.25) is 0 Å². The largest absolute Gasteiger partial charge is 0.312 e. The summed E-state index contributed by atoms with van der Waals surface area (Å²) >= 11 is 1.55. The van der Waals surface area contributed by atoms with E-state index < -0.39 is 10.0 Å². The maximum atomic E-state index is 12.8. The molecule has 8 nitrogen and oxygen atoms in total. The monoisotopic (exact) mass is 415 g/mol. The molecule has 3 aromatic rings. The SMILES string of the molecule is O=C1CCc2cc(S(=O)(=O)NCc3cn(-c4ccsc4)nn3)cc3c2N1CC3. The van der Waals surface area contributed by atoms with Crippen molar-refractivity contribution in [2.75, 3.05) is 11.4 Å². The average Bonchev–Trinajstić information content (AvgIpc) is 3.43. The smallest absolute Gasteiger partial charge is 0.240 e. The Morgan fingerprint density at radius 2 is 2.00 bits per heavy atom. The van der Waals surface area contributed by atoms with E-state index >= 15 is 0 Å². The average molecular weight is 416 g/mol. The van der Waals surface area contributed by atoms with E-state index in [4.69, 9.17) is 0 Å². The highest BCUT2D eigenvalue weighted by Crippen LogP contribution is 2.38. The summed E-state index contributed by atoms with van der Waals surface area (Å²) in [6.45, 7) is 0.688. The van der Waals surface area contributed by atoms with Gasteiger partial charge in [0.25, 0.3) is 0 Å². The van der Waals surface area contributed by atoms with Gasteiger partial charge in [-0.15, -0.1) is 5.10 Å². The summed E-state index contributed by atoms with van der Waals surface area (Å²) in [4.78, 5) is 14.0. The molecule has 0 bridgehead atoms. The fraction of sp³-hybridized carbons (Fsp3) is 0.278. The van der Waals surface area contributed by atoms with Gasteiger partial charge in [-0.3, -0.25) is 4.79 Å². The van der Waals surface area contributed by atoms with Gasteiger partial charge in [-0.05, 0) is 47.5 Å². The van der Waals surface area contributed by atoms with Gasteiger partial charge >= 0.3 is 0 Å².